The quantitative estimate of drug-likeness (QED) is 0.485. The average Bonchev–Trinajstić information content (AvgIpc) is 2.79. The standard InChI is InChI=1S/C26H37ClN6O/c1-18-16-21(19-10-14-32(2)15-11-19)8-9-23(18)30-26-29-17-22(27)24(31-26)28-12-5-13-33(3)25(34)20-6-4-7-20/h8-9,16-17,19-20H,4-7,10-15H2,1-3H3,(H2,28,29,30,31). The van der Waals surface area contributed by atoms with Gasteiger partial charge in [0.05, 0.1) is 6.20 Å². The second kappa shape index (κ2) is 11.4. The van der Waals surface area contributed by atoms with Gasteiger partial charge in [0.1, 0.15) is 10.8 Å². The molecule has 1 saturated heterocycles. The molecule has 2 aromatic rings. The molecule has 2 fully saturated rings. The van der Waals surface area contributed by atoms with Crippen LogP contribution in [-0.2, 0) is 4.79 Å². The predicted octanol–water partition coefficient (Wildman–Crippen LogP) is 5.05. The zero-order valence-electron chi connectivity index (χ0n) is 20.6. The summed E-state index contributed by atoms with van der Waals surface area (Å²) in [4.78, 5) is 25.4. The highest BCUT2D eigenvalue weighted by Gasteiger charge is 2.27. The van der Waals surface area contributed by atoms with Crippen molar-refractivity contribution < 1.29 is 4.79 Å². The van der Waals surface area contributed by atoms with Crippen LogP contribution in [0.4, 0.5) is 17.5 Å². The fourth-order valence-corrected chi connectivity index (χ4v) is 4.85. The second-order valence-electron chi connectivity index (χ2n) is 9.84. The molecule has 0 unspecified atom stereocenters. The van der Waals surface area contributed by atoms with Gasteiger partial charge in [0, 0.05) is 31.7 Å². The van der Waals surface area contributed by atoms with Crippen molar-refractivity contribution in [3.63, 3.8) is 0 Å². The van der Waals surface area contributed by atoms with Gasteiger partial charge in [0.25, 0.3) is 0 Å². The number of hydrogen-bond donors (Lipinski definition) is 2. The van der Waals surface area contributed by atoms with Crippen molar-refractivity contribution in [2.24, 2.45) is 5.92 Å². The molecule has 34 heavy (non-hydrogen) atoms. The summed E-state index contributed by atoms with van der Waals surface area (Å²) in [5, 5.41) is 7.12. The largest absolute Gasteiger partial charge is 0.369 e. The van der Waals surface area contributed by atoms with Crippen LogP contribution in [0.25, 0.3) is 0 Å². The lowest BCUT2D eigenvalue weighted by molar-refractivity contribution is -0.136. The average molecular weight is 485 g/mol. The summed E-state index contributed by atoms with van der Waals surface area (Å²) < 4.78 is 0. The highest BCUT2D eigenvalue weighted by Crippen LogP contribution is 2.31. The second-order valence-corrected chi connectivity index (χ2v) is 10.2. The van der Waals surface area contributed by atoms with E-state index < -0.39 is 0 Å². The molecule has 2 aliphatic rings. The van der Waals surface area contributed by atoms with Crippen LogP contribution in [0, 0.1) is 12.8 Å². The van der Waals surface area contributed by atoms with Gasteiger partial charge in [-0.25, -0.2) is 4.98 Å². The van der Waals surface area contributed by atoms with E-state index in [0.717, 1.165) is 44.6 Å². The molecule has 7 nitrogen and oxygen atoms in total. The molecule has 1 aromatic heterocycles. The van der Waals surface area contributed by atoms with Gasteiger partial charge >= 0.3 is 0 Å². The third-order valence-electron chi connectivity index (χ3n) is 7.22. The molecule has 1 amide bonds. The van der Waals surface area contributed by atoms with Crippen molar-refractivity contribution in [3.8, 4) is 0 Å². The Hall–Kier alpha value is -2.38. The fraction of sp³-hybridized carbons (Fsp3) is 0.577. The zero-order valence-corrected chi connectivity index (χ0v) is 21.4. The molecule has 2 heterocycles. The van der Waals surface area contributed by atoms with Crippen molar-refractivity contribution in [1.29, 1.82) is 0 Å². The SMILES string of the molecule is Cc1cc(C2CCN(C)CC2)ccc1Nc1ncc(Cl)c(NCCCN(C)C(=O)C2CCC2)n1. The van der Waals surface area contributed by atoms with E-state index in [4.69, 9.17) is 11.6 Å². The minimum absolute atomic E-state index is 0.241. The van der Waals surface area contributed by atoms with Crippen LogP contribution < -0.4 is 10.6 Å². The Balaban J connectivity index is 1.30. The summed E-state index contributed by atoms with van der Waals surface area (Å²) in [6.45, 7) is 5.84. The number of halogens is 1. The number of hydrogen-bond acceptors (Lipinski definition) is 6. The minimum Gasteiger partial charge on any atom is -0.369 e. The third-order valence-corrected chi connectivity index (χ3v) is 7.50. The maximum Gasteiger partial charge on any atom is 0.229 e. The van der Waals surface area contributed by atoms with Crippen LogP contribution >= 0.6 is 11.6 Å². The van der Waals surface area contributed by atoms with Gasteiger partial charge in [0.2, 0.25) is 11.9 Å². The maximum absolute atomic E-state index is 12.3. The first-order valence-corrected chi connectivity index (χ1v) is 12.9. The number of aromatic nitrogens is 2. The molecular weight excluding hydrogens is 448 g/mol. The summed E-state index contributed by atoms with van der Waals surface area (Å²) in [5.41, 5.74) is 3.60. The van der Waals surface area contributed by atoms with Crippen molar-refractivity contribution in [2.75, 3.05) is 50.9 Å². The lowest BCUT2D eigenvalue weighted by atomic mass is 9.84. The number of carbonyl (C=O) groups is 1. The molecule has 8 heteroatoms. The van der Waals surface area contributed by atoms with E-state index in [1.807, 2.05) is 11.9 Å². The first-order chi connectivity index (χ1) is 16.4. The van der Waals surface area contributed by atoms with E-state index in [9.17, 15) is 4.79 Å². The Labute approximate surface area is 208 Å². The molecule has 0 radical (unpaired) electrons. The van der Waals surface area contributed by atoms with E-state index in [0.29, 0.717) is 29.3 Å². The molecule has 184 valence electrons. The van der Waals surface area contributed by atoms with E-state index in [1.165, 1.54) is 30.4 Å². The number of amides is 1. The zero-order chi connectivity index (χ0) is 24.1. The number of benzene rings is 1. The molecular formula is C26H37ClN6O. The summed E-state index contributed by atoms with van der Waals surface area (Å²) in [6, 6.07) is 6.64. The van der Waals surface area contributed by atoms with Gasteiger partial charge < -0.3 is 20.4 Å². The number of anilines is 3. The van der Waals surface area contributed by atoms with Crippen LogP contribution in [0.1, 0.15) is 55.6 Å². The van der Waals surface area contributed by atoms with Crippen molar-refractivity contribution >= 4 is 35.0 Å². The highest BCUT2D eigenvalue weighted by atomic mass is 35.5. The lowest BCUT2D eigenvalue weighted by Crippen LogP contribution is -2.37. The summed E-state index contributed by atoms with van der Waals surface area (Å²) in [5.74, 6) is 2.27. The predicted molar refractivity (Wildman–Crippen MR) is 139 cm³/mol. The monoisotopic (exact) mass is 484 g/mol. The third kappa shape index (κ3) is 6.19. The first-order valence-electron chi connectivity index (χ1n) is 12.5. The summed E-state index contributed by atoms with van der Waals surface area (Å²) in [6.07, 6.45) is 8.12. The Morgan fingerprint density at radius 3 is 2.68 bits per heavy atom. The number of aryl methyl sites for hydroxylation is 1. The number of nitrogens with one attached hydrogen (secondary N) is 2. The molecule has 4 rings (SSSR count). The van der Waals surface area contributed by atoms with Gasteiger partial charge in [-0.15, -0.1) is 0 Å². The number of rotatable bonds is 9. The van der Waals surface area contributed by atoms with Crippen LogP contribution in [0.15, 0.2) is 24.4 Å². The van der Waals surface area contributed by atoms with E-state index >= 15 is 0 Å². The van der Waals surface area contributed by atoms with Crippen LogP contribution in [0.3, 0.4) is 0 Å². The lowest BCUT2D eigenvalue weighted by Gasteiger charge is -2.29. The number of likely N-dealkylation sites (tertiary alicyclic amines) is 1. The van der Waals surface area contributed by atoms with E-state index in [2.05, 4.69) is 57.7 Å². The van der Waals surface area contributed by atoms with Crippen molar-refractivity contribution in [1.82, 2.24) is 19.8 Å². The molecule has 1 aliphatic heterocycles. The molecule has 0 bridgehead atoms. The van der Waals surface area contributed by atoms with Gasteiger partial charge in [0.15, 0.2) is 0 Å². The Bertz CT molecular complexity index is 987. The molecule has 2 N–H and O–H groups in total. The van der Waals surface area contributed by atoms with E-state index in [1.54, 1.807) is 6.20 Å². The van der Waals surface area contributed by atoms with Gasteiger partial charge in [-0.1, -0.05) is 30.2 Å². The highest BCUT2D eigenvalue weighted by molar-refractivity contribution is 6.32. The Morgan fingerprint density at radius 2 is 2.00 bits per heavy atom. The number of piperidine rings is 1. The minimum atomic E-state index is 0.241. The fourth-order valence-electron chi connectivity index (χ4n) is 4.69. The van der Waals surface area contributed by atoms with E-state index in [-0.39, 0.29) is 11.8 Å². The van der Waals surface area contributed by atoms with Crippen LogP contribution in [-0.4, -0.2) is 65.9 Å². The van der Waals surface area contributed by atoms with Crippen LogP contribution in [0.5, 0.6) is 0 Å². The number of nitrogens with zero attached hydrogens (tertiary/aromatic N) is 4. The Kier molecular flexibility index (Phi) is 8.27. The van der Waals surface area contributed by atoms with Crippen molar-refractivity contribution in [3.05, 3.63) is 40.5 Å². The van der Waals surface area contributed by atoms with Crippen molar-refractivity contribution in [2.45, 2.75) is 51.4 Å². The van der Waals surface area contributed by atoms with Gasteiger partial charge in [-0.05, 0) is 82.3 Å². The molecule has 0 atom stereocenters. The van der Waals surface area contributed by atoms with Gasteiger partial charge in [-0.3, -0.25) is 4.79 Å². The van der Waals surface area contributed by atoms with Crippen LogP contribution in [0.2, 0.25) is 5.02 Å². The number of carbonyl (C=O) groups excluding carboxylic acids is 1. The molecule has 0 spiro atoms. The van der Waals surface area contributed by atoms with Gasteiger partial charge in [-0.2, -0.15) is 4.98 Å². The first kappa shape index (κ1) is 24.7. The normalized spacial score (nSPS) is 17.3. The smallest absolute Gasteiger partial charge is 0.229 e. The Morgan fingerprint density at radius 1 is 1.24 bits per heavy atom. The maximum atomic E-state index is 12.3. The molecule has 1 aromatic carbocycles. The summed E-state index contributed by atoms with van der Waals surface area (Å²) >= 11 is 6.32. The molecule has 1 aliphatic carbocycles. The molecule has 1 saturated carbocycles. The summed E-state index contributed by atoms with van der Waals surface area (Å²) in [7, 11) is 4.08. The topological polar surface area (TPSA) is 73.4 Å².